The van der Waals surface area contributed by atoms with Crippen LogP contribution in [0, 0.1) is 11.6 Å². The third-order valence-electron chi connectivity index (χ3n) is 4.31. The van der Waals surface area contributed by atoms with Crippen LogP contribution in [0.3, 0.4) is 0 Å². The van der Waals surface area contributed by atoms with Gasteiger partial charge in [-0.05, 0) is 43.2 Å². The van der Waals surface area contributed by atoms with Crippen LogP contribution in [0.25, 0.3) is 6.08 Å². The Morgan fingerprint density at radius 2 is 1.70 bits per heavy atom. The maximum Gasteiger partial charge on any atom is 0.245 e. The molecule has 0 spiro atoms. The van der Waals surface area contributed by atoms with Crippen LogP contribution in [0.2, 0.25) is 0 Å². The summed E-state index contributed by atoms with van der Waals surface area (Å²) in [6, 6.07) is 11.6. The summed E-state index contributed by atoms with van der Waals surface area (Å²) in [5.41, 5.74) is 1.34. The minimum Gasteiger partial charge on any atom is -0.341 e. The third-order valence-corrected chi connectivity index (χ3v) is 4.31. The fourth-order valence-electron chi connectivity index (χ4n) is 2.55. The molecule has 0 aliphatic carbocycles. The Morgan fingerprint density at radius 3 is 2.33 bits per heavy atom. The van der Waals surface area contributed by atoms with Gasteiger partial charge < -0.3 is 10.2 Å². The maximum absolute atomic E-state index is 13.4. The topological polar surface area (TPSA) is 49.4 Å². The zero-order valence-electron chi connectivity index (χ0n) is 15.4. The molecule has 0 aliphatic heterocycles. The molecule has 2 rings (SSSR count). The Hall–Kier alpha value is -3.02. The lowest BCUT2D eigenvalue weighted by Gasteiger charge is -2.28. The van der Waals surface area contributed by atoms with Crippen molar-refractivity contribution in [3.8, 4) is 0 Å². The molecule has 1 N–H and O–H groups in total. The molecule has 0 bridgehead atoms. The highest BCUT2D eigenvalue weighted by molar-refractivity contribution is 5.95. The molecule has 0 aromatic heterocycles. The Balaban J connectivity index is 1.97. The number of carbonyl (C=O) groups excluding carboxylic acids is 2. The number of nitrogens with zero attached hydrogens (tertiary/aromatic N) is 1. The number of carbonyl (C=O) groups is 2. The predicted octanol–water partition coefficient (Wildman–Crippen LogP) is 3.70. The Morgan fingerprint density at radius 1 is 1.04 bits per heavy atom. The third kappa shape index (κ3) is 5.48. The summed E-state index contributed by atoms with van der Waals surface area (Å²) in [6.45, 7) is 3.28. The summed E-state index contributed by atoms with van der Waals surface area (Å²) in [6.07, 6.45) is 3.01. The molecule has 0 saturated carbocycles. The smallest absolute Gasteiger partial charge is 0.245 e. The van der Waals surface area contributed by atoms with Crippen molar-refractivity contribution in [2.24, 2.45) is 0 Å². The summed E-state index contributed by atoms with van der Waals surface area (Å²) >= 11 is 0. The van der Waals surface area contributed by atoms with Crippen molar-refractivity contribution in [2.45, 2.75) is 25.9 Å². The van der Waals surface area contributed by atoms with Crippen LogP contribution in [-0.2, 0) is 9.59 Å². The molecule has 4 nitrogen and oxygen atoms in total. The molecule has 6 heteroatoms. The molecular formula is C21H22F2N2O2. The van der Waals surface area contributed by atoms with Gasteiger partial charge in [0.05, 0.1) is 6.04 Å². The van der Waals surface area contributed by atoms with E-state index in [9.17, 15) is 18.4 Å². The first kappa shape index (κ1) is 20.3. The van der Waals surface area contributed by atoms with E-state index in [1.807, 2.05) is 30.3 Å². The van der Waals surface area contributed by atoms with Crippen molar-refractivity contribution in [2.75, 3.05) is 7.05 Å². The van der Waals surface area contributed by atoms with Gasteiger partial charge in [-0.15, -0.1) is 0 Å². The number of nitrogens with one attached hydrogen (secondary N) is 1. The summed E-state index contributed by atoms with van der Waals surface area (Å²) in [5, 5.41) is 2.61. The predicted molar refractivity (Wildman–Crippen MR) is 101 cm³/mol. The lowest BCUT2D eigenvalue weighted by molar-refractivity contribution is -0.135. The maximum atomic E-state index is 13.4. The monoisotopic (exact) mass is 372 g/mol. The van der Waals surface area contributed by atoms with Crippen molar-refractivity contribution in [3.05, 3.63) is 77.4 Å². The van der Waals surface area contributed by atoms with E-state index in [0.717, 1.165) is 17.7 Å². The Bertz CT molecular complexity index is 837. The molecule has 2 aromatic carbocycles. The van der Waals surface area contributed by atoms with Crippen molar-refractivity contribution in [1.82, 2.24) is 10.2 Å². The van der Waals surface area contributed by atoms with E-state index in [4.69, 9.17) is 0 Å². The van der Waals surface area contributed by atoms with Crippen molar-refractivity contribution in [3.63, 3.8) is 0 Å². The van der Waals surface area contributed by atoms with Crippen molar-refractivity contribution >= 4 is 17.9 Å². The number of hydrogen-bond acceptors (Lipinski definition) is 2. The number of rotatable bonds is 6. The Kier molecular flexibility index (Phi) is 6.82. The van der Waals surface area contributed by atoms with Gasteiger partial charge >= 0.3 is 0 Å². The van der Waals surface area contributed by atoms with E-state index >= 15 is 0 Å². The molecule has 2 unspecified atom stereocenters. The van der Waals surface area contributed by atoms with Crippen LogP contribution in [0.5, 0.6) is 0 Å². The zero-order valence-corrected chi connectivity index (χ0v) is 15.4. The van der Waals surface area contributed by atoms with Crippen LogP contribution in [0.1, 0.15) is 31.0 Å². The Labute approximate surface area is 157 Å². The van der Waals surface area contributed by atoms with E-state index in [1.165, 1.54) is 17.0 Å². The number of benzene rings is 2. The number of likely N-dealkylation sites (N-methyl/N-ethyl adjacent to an activating group) is 1. The molecular weight excluding hydrogens is 350 g/mol. The molecule has 2 aromatic rings. The van der Waals surface area contributed by atoms with Gasteiger partial charge in [-0.3, -0.25) is 9.59 Å². The fraction of sp³-hybridized carbons (Fsp3) is 0.238. The molecule has 0 aliphatic rings. The first-order valence-electron chi connectivity index (χ1n) is 8.55. The first-order valence-corrected chi connectivity index (χ1v) is 8.55. The number of halogens is 2. The summed E-state index contributed by atoms with van der Waals surface area (Å²) < 4.78 is 26.5. The summed E-state index contributed by atoms with van der Waals surface area (Å²) in [4.78, 5) is 25.9. The summed E-state index contributed by atoms with van der Waals surface area (Å²) in [5.74, 6) is -2.64. The zero-order chi connectivity index (χ0) is 20.0. The van der Waals surface area contributed by atoms with Gasteiger partial charge in [0.2, 0.25) is 11.8 Å². The van der Waals surface area contributed by atoms with Crippen LogP contribution in [0.4, 0.5) is 8.78 Å². The van der Waals surface area contributed by atoms with Gasteiger partial charge in [0.25, 0.3) is 0 Å². The van der Waals surface area contributed by atoms with Crippen molar-refractivity contribution < 1.29 is 18.4 Å². The normalized spacial score (nSPS) is 13.2. The second-order valence-electron chi connectivity index (χ2n) is 6.27. The van der Waals surface area contributed by atoms with E-state index in [0.29, 0.717) is 5.56 Å². The van der Waals surface area contributed by atoms with Gasteiger partial charge in [-0.25, -0.2) is 8.78 Å². The highest BCUT2D eigenvalue weighted by atomic mass is 19.2. The average Bonchev–Trinajstić information content (AvgIpc) is 2.67. The average molecular weight is 372 g/mol. The largest absolute Gasteiger partial charge is 0.341 e. The summed E-state index contributed by atoms with van der Waals surface area (Å²) in [7, 11) is 1.55. The van der Waals surface area contributed by atoms with Crippen LogP contribution in [0.15, 0.2) is 54.6 Å². The van der Waals surface area contributed by atoms with Gasteiger partial charge in [0, 0.05) is 13.1 Å². The lowest BCUT2D eigenvalue weighted by atomic mass is 10.1. The highest BCUT2D eigenvalue weighted by Gasteiger charge is 2.24. The van der Waals surface area contributed by atoms with E-state index < -0.39 is 29.6 Å². The molecule has 0 fully saturated rings. The molecule has 0 radical (unpaired) electrons. The van der Waals surface area contributed by atoms with Gasteiger partial charge in [-0.1, -0.05) is 36.4 Å². The molecule has 2 atom stereocenters. The molecule has 142 valence electrons. The molecule has 0 saturated heterocycles. The highest BCUT2D eigenvalue weighted by Crippen LogP contribution is 2.21. The lowest BCUT2D eigenvalue weighted by Crippen LogP contribution is -2.45. The van der Waals surface area contributed by atoms with Gasteiger partial charge in [-0.2, -0.15) is 0 Å². The second kappa shape index (κ2) is 9.07. The minimum absolute atomic E-state index is 0.339. The first-order chi connectivity index (χ1) is 12.8. The molecule has 0 heterocycles. The van der Waals surface area contributed by atoms with Crippen LogP contribution in [-0.4, -0.2) is 29.8 Å². The minimum atomic E-state index is -0.965. The quantitative estimate of drug-likeness (QED) is 0.786. The van der Waals surface area contributed by atoms with Gasteiger partial charge in [0.15, 0.2) is 11.6 Å². The second-order valence-corrected chi connectivity index (χ2v) is 6.27. The van der Waals surface area contributed by atoms with Gasteiger partial charge in [0.1, 0.15) is 6.04 Å². The van der Waals surface area contributed by atoms with Crippen LogP contribution >= 0.6 is 0 Å². The standard InChI is InChI=1S/C21H22F2N2O2/c1-14(24-20(26)12-9-16-7-5-4-6-8-16)21(27)25(3)15(2)17-10-11-18(22)19(23)13-17/h4-15H,1-3H3,(H,24,26)/b12-9+. The SMILES string of the molecule is CC(NC(=O)/C=C/c1ccccc1)C(=O)N(C)C(C)c1ccc(F)c(F)c1. The molecule has 2 amide bonds. The van der Waals surface area contributed by atoms with Crippen LogP contribution < -0.4 is 5.32 Å². The number of amides is 2. The van der Waals surface area contributed by atoms with E-state index in [-0.39, 0.29) is 5.91 Å². The number of hydrogen-bond donors (Lipinski definition) is 1. The van der Waals surface area contributed by atoms with E-state index in [1.54, 1.807) is 27.0 Å². The van der Waals surface area contributed by atoms with E-state index in [2.05, 4.69) is 5.32 Å². The van der Waals surface area contributed by atoms with Crippen molar-refractivity contribution in [1.29, 1.82) is 0 Å². The fourth-order valence-corrected chi connectivity index (χ4v) is 2.55. The molecule has 27 heavy (non-hydrogen) atoms.